The van der Waals surface area contributed by atoms with Crippen LogP contribution < -0.4 is 20.5 Å². The largest absolute Gasteiger partial charge is 0.493 e. The van der Waals surface area contributed by atoms with E-state index in [1.165, 1.54) is 36.6 Å². The minimum Gasteiger partial charge on any atom is -0.493 e. The fourth-order valence-electron chi connectivity index (χ4n) is 3.49. The zero-order valence-electron chi connectivity index (χ0n) is 23.6. The van der Waals surface area contributed by atoms with Gasteiger partial charge in [-0.1, -0.05) is 26.0 Å². The number of carbonyl (C=O) groups is 3. The number of hydrogen-bond donors (Lipinski definition) is 3. The molecule has 2 amide bonds. The third-order valence-corrected chi connectivity index (χ3v) is 6.47. The number of nitrogens with one attached hydrogen (secondary N) is 2. The first-order valence-corrected chi connectivity index (χ1v) is 13.7. The normalized spacial score (nSPS) is 10.5. The molecular formula is C29H36FN3O7S. The van der Waals surface area contributed by atoms with Crippen molar-refractivity contribution in [3.8, 4) is 11.5 Å². The molecule has 1 aromatic heterocycles. The van der Waals surface area contributed by atoms with E-state index in [-0.39, 0.29) is 37.5 Å². The number of primary amides is 1. The summed E-state index contributed by atoms with van der Waals surface area (Å²) in [4.78, 5) is 34.0. The molecule has 0 saturated heterocycles. The van der Waals surface area contributed by atoms with Gasteiger partial charge in [-0.3, -0.25) is 14.4 Å². The molecule has 0 radical (unpaired) electrons. The summed E-state index contributed by atoms with van der Waals surface area (Å²) in [5.74, 6) is -0.574. The van der Waals surface area contributed by atoms with Crippen molar-refractivity contribution in [2.75, 3.05) is 40.6 Å². The summed E-state index contributed by atoms with van der Waals surface area (Å²) < 4.78 is 34.7. The molecule has 222 valence electrons. The van der Waals surface area contributed by atoms with Gasteiger partial charge in [0.2, 0.25) is 5.91 Å². The first-order valence-electron chi connectivity index (χ1n) is 12.8. The first-order chi connectivity index (χ1) is 19.6. The molecule has 4 N–H and O–H groups in total. The lowest BCUT2D eigenvalue weighted by molar-refractivity contribution is -0.145. The smallest absolute Gasteiger partial charge is 0.306 e. The number of thiophene rings is 1. The molecule has 0 spiro atoms. The van der Waals surface area contributed by atoms with Crippen molar-refractivity contribution in [2.24, 2.45) is 11.7 Å². The van der Waals surface area contributed by atoms with Crippen LogP contribution in [0.1, 0.15) is 42.6 Å². The number of carbonyl (C=O) groups excluding carboxylic acids is 3. The van der Waals surface area contributed by atoms with Crippen molar-refractivity contribution in [3.05, 3.63) is 58.7 Å². The van der Waals surface area contributed by atoms with Gasteiger partial charge in [0.25, 0.3) is 5.91 Å². The molecule has 0 saturated carbocycles. The molecule has 0 aliphatic carbocycles. The minimum absolute atomic E-state index is 0.121. The molecule has 0 unspecified atom stereocenters. The summed E-state index contributed by atoms with van der Waals surface area (Å²) >= 11 is 1.35. The van der Waals surface area contributed by atoms with Crippen molar-refractivity contribution < 1.29 is 37.7 Å². The summed E-state index contributed by atoms with van der Waals surface area (Å²) in [5.41, 5.74) is 6.60. The quantitative estimate of drug-likeness (QED) is 0.144. The van der Waals surface area contributed by atoms with Gasteiger partial charge < -0.3 is 35.4 Å². The Bertz CT molecular complexity index is 1340. The summed E-state index contributed by atoms with van der Waals surface area (Å²) in [6.45, 7) is 4.42. The van der Waals surface area contributed by atoms with Gasteiger partial charge in [-0.25, -0.2) is 4.39 Å². The Labute approximate surface area is 242 Å². The molecule has 0 bridgehead atoms. The van der Waals surface area contributed by atoms with Crippen LogP contribution in [-0.4, -0.2) is 64.1 Å². The lowest BCUT2D eigenvalue weighted by Crippen LogP contribution is -2.33. The molecule has 41 heavy (non-hydrogen) atoms. The first kappa shape index (κ1) is 33.2. The second kappa shape index (κ2) is 16.9. The van der Waals surface area contributed by atoms with Gasteiger partial charge in [0.15, 0.2) is 11.5 Å². The number of esters is 1. The van der Waals surface area contributed by atoms with Crippen molar-refractivity contribution >= 4 is 44.9 Å². The van der Waals surface area contributed by atoms with E-state index < -0.39 is 11.8 Å². The van der Waals surface area contributed by atoms with Gasteiger partial charge in [0, 0.05) is 47.6 Å². The van der Waals surface area contributed by atoms with E-state index in [4.69, 9.17) is 30.1 Å². The minimum atomic E-state index is -0.632. The second-order valence-corrected chi connectivity index (χ2v) is 10.0. The standard InChI is InChI=1S/C17H24N2O6.C12H12FNOS/c1-11(2)8-16(21)25-7-6-24-13-5-4-12(9-14(13)23-3)17(22)19-10-15(18)20;1-15-6-5-11(14)9-7-16-12-8(9)3-2-4-10(12)13/h4-5,9,11H,6-8,10H2,1-3H3,(H2,18,20)(H,19,22);2-4,7,14H,5-6H2,1H3. The highest BCUT2D eigenvalue weighted by Gasteiger charge is 2.13. The van der Waals surface area contributed by atoms with Gasteiger partial charge in [0.05, 0.1) is 25.0 Å². The topological polar surface area (TPSA) is 150 Å². The molecule has 3 aromatic rings. The summed E-state index contributed by atoms with van der Waals surface area (Å²) in [6, 6.07) is 9.55. The van der Waals surface area contributed by atoms with Crippen molar-refractivity contribution in [2.45, 2.75) is 26.7 Å². The lowest BCUT2D eigenvalue weighted by atomic mass is 10.1. The Morgan fingerprint density at radius 1 is 1.07 bits per heavy atom. The van der Waals surface area contributed by atoms with E-state index in [0.29, 0.717) is 46.9 Å². The summed E-state index contributed by atoms with van der Waals surface area (Å²) in [5, 5.41) is 13.0. The highest BCUT2D eigenvalue weighted by Crippen LogP contribution is 2.29. The van der Waals surface area contributed by atoms with Crippen LogP contribution >= 0.6 is 11.3 Å². The molecule has 0 fully saturated rings. The average molecular weight is 590 g/mol. The number of halogens is 1. The van der Waals surface area contributed by atoms with E-state index in [1.54, 1.807) is 19.2 Å². The van der Waals surface area contributed by atoms with E-state index >= 15 is 0 Å². The fourth-order valence-corrected chi connectivity index (χ4v) is 4.48. The zero-order chi connectivity index (χ0) is 30.4. The average Bonchev–Trinajstić information content (AvgIpc) is 3.38. The second-order valence-electron chi connectivity index (χ2n) is 9.17. The number of ether oxygens (including phenoxy) is 4. The maximum absolute atomic E-state index is 13.4. The molecule has 3 rings (SSSR count). The van der Waals surface area contributed by atoms with Crippen LogP contribution in [0.5, 0.6) is 11.5 Å². The van der Waals surface area contributed by atoms with Crippen molar-refractivity contribution in [1.29, 1.82) is 5.41 Å². The molecule has 2 aromatic carbocycles. The van der Waals surface area contributed by atoms with Gasteiger partial charge >= 0.3 is 5.97 Å². The maximum atomic E-state index is 13.4. The predicted molar refractivity (Wildman–Crippen MR) is 156 cm³/mol. The van der Waals surface area contributed by atoms with Gasteiger partial charge in [-0.05, 0) is 30.2 Å². The molecule has 1 heterocycles. The Hall–Kier alpha value is -4.03. The number of fused-ring (bicyclic) bond motifs is 1. The van der Waals surface area contributed by atoms with Crippen LogP contribution in [0.2, 0.25) is 0 Å². The van der Waals surface area contributed by atoms with Gasteiger partial charge in [-0.15, -0.1) is 11.3 Å². The molecule has 0 aliphatic heterocycles. The number of amides is 2. The SMILES string of the molecule is COCCC(=N)c1csc2c(F)cccc12.COc1cc(C(=O)NCC(N)=O)ccc1OCCOC(=O)CC(C)C. The van der Waals surface area contributed by atoms with Gasteiger partial charge in [-0.2, -0.15) is 0 Å². The Morgan fingerprint density at radius 3 is 2.49 bits per heavy atom. The van der Waals surface area contributed by atoms with Crippen LogP contribution in [0, 0.1) is 17.1 Å². The molecule has 12 heteroatoms. The highest BCUT2D eigenvalue weighted by molar-refractivity contribution is 7.17. The fraction of sp³-hybridized carbons (Fsp3) is 0.379. The van der Waals surface area contributed by atoms with Crippen LogP contribution in [0.4, 0.5) is 4.39 Å². The van der Waals surface area contributed by atoms with Crippen molar-refractivity contribution in [1.82, 2.24) is 5.32 Å². The van der Waals surface area contributed by atoms with Crippen LogP contribution in [-0.2, 0) is 19.1 Å². The van der Waals surface area contributed by atoms with E-state index in [1.807, 2.05) is 25.3 Å². The monoisotopic (exact) mass is 589 g/mol. The van der Waals surface area contributed by atoms with E-state index in [0.717, 1.165) is 10.9 Å². The lowest BCUT2D eigenvalue weighted by Gasteiger charge is -2.12. The Morgan fingerprint density at radius 2 is 1.83 bits per heavy atom. The van der Waals surface area contributed by atoms with Gasteiger partial charge in [0.1, 0.15) is 19.0 Å². The highest BCUT2D eigenvalue weighted by atomic mass is 32.1. The molecule has 0 atom stereocenters. The van der Waals surface area contributed by atoms with E-state index in [2.05, 4.69) is 5.32 Å². The number of hydrogen-bond acceptors (Lipinski definition) is 9. The van der Waals surface area contributed by atoms with Crippen LogP contribution in [0.3, 0.4) is 0 Å². The molecular weight excluding hydrogens is 553 g/mol. The van der Waals surface area contributed by atoms with Crippen molar-refractivity contribution in [3.63, 3.8) is 0 Å². The Balaban J connectivity index is 0.000000314. The summed E-state index contributed by atoms with van der Waals surface area (Å²) in [6.07, 6.45) is 0.914. The number of nitrogens with two attached hydrogens (primary N) is 1. The third kappa shape index (κ3) is 10.8. The van der Waals surface area contributed by atoms with Crippen LogP contribution in [0.25, 0.3) is 10.1 Å². The number of methoxy groups -OCH3 is 2. The maximum Gasteiger partial charge on any atom is 0.306 e. The third-order valence-electron chi connectivity index (χ3n) is 5.46. The molecule has 10 nitrogen and oxygen atoms in total. The number of rotatable bonds is 14. The summed E-state index contributed by atoms with van der Waals surface area (Å²) in [7, 11) is 3.05. The zero-order valence-corrected chi connectivity index (χ0v) is 24.4. The van der Waals surface area contributed by atoms with E-state index in [9.17, 15) is 18.8 Å². The molecule has 0 aliphatic rings. The number of benzene rings is 2. The predicted octanol–water partition coefficient (Wildman–Crippen LogP) is 4.32. The Kier molecular flexibility index (Phi) is 13.7. The van der Waals surface area contributed by atoms with Crippen LogP contribution in [0.15, 0.2) is 41.8 Å².